The van der Waals surface area contributed by atoms with E-state index in [2.05, 4.69) is 10.5 Å². The van der Waals surface area contributed by atoms with Crippen molar-refractivity contribution in [2.24, 2.45) is 0 Å². The van der Waals surface area contributed by atoms with Crippen LogP contribution in [0.3, 0.4) is 0 Å². The number of nitrogens with zero attached hydrogens (tertiary/aromatic N) is 2. The summed E-state index contributed by atoms with van der Waals surface area (Å²) in [6.07, 6.45) is 0.271. The van der Waals surface area contributed by atoms with E-state index in [0.717, 1.165) is 11.1 Å². The van der Waals surface area contributed by atoms with E-state index >= 15 is 0 Å². The minimum Gasteiger partial charge on any atom is -0.360 e. The highest BCUT2D eigenvalue weighted by Crippen LogP contribution is 2.08. The Hall–Kier alpha value is -2.63. The summed E-state index contributed by atoms with van der Waals surface area (Å²) in [5.74, 6) is 0.532. The van der Waals surface area contributed by atoms with Gasteiger partial charge in [0, 0.05) is 13.1 Å². The first-order valence-electron chi connectivity index (χ1n) is 6.96. The quantitative estimate of drug-likeness (QED) is 0.915. The molecule has 0 unspecified atom stereocenters. The maximum atomic E-state index is 12.1. The van der Waals surface area contributed by atoms with Crippen molar-refractivity contribution in [1.82, 2.24) is 10.1 Å². The molecule has 22 heavy (non-hydrogen) atoms. The predicted octanol–water partition coefficient (Wildman–Crippen LogP) is 1.93. The van der Waals surface area contributed by atoms with Gasteiger partial charge in [0.05, 0.1) is 13.0 Å². The molecule has 2 rings (SSSR count). The zero-order valence-corrected chi connectivity index (χ0v) is 12.9. The lowest BCUT2D eigenvalue weighted by atomic mass is 10.1. The van der Waals surface area contributed by atoms with Gasteiger partial charge < -0.3 is 14.7 Å². The van der Waals surface area contributed by atoms with Crippen LogP contribution >= 0.6 is 0 Å². The maximum absolute atomic E-state index is 12.1. The second kappa shape index (κ2) is 6.89. The van der Waals surface area contributed by atoms with Gasteiger partial charge in [-0.05, 0) is 19.4 Å². The Balaban J connectivity index is 1.85. The molecule has 1 heterocycles. The summed E-state index contributed by atoms with van der Waals surface area (Å²) in [7, 11) is 1.60. The molecule has 2 amide bonds. The molecular formula is C16H19N3O3. The van der Waals surface area contributed by atoms with E-state index in [0.29, 0.717) is 11.6 Å². The average Bonchev–Trinajstić information content (AvgIpc) is 2.86. The van der Waals surface area contributed by atoms with Gasteiger partial charge in [-0.1, -0.05) is 35.0 Å². The van der Waals surface area contributed by atoms with Gasteiger partial charge in [0.2, 0.25) is 11.8 Å². The molecule has 116 valence electrons. The lowest BCUT2D eigenvalue weighted by Gasteiger charge is -2.16. The minimum atomic E-state index is -0.312. The number of likely N-dealkylation sites (N-methyl/N-ethyl adjacent to an activating group) is 1. The average molecular weight is 301 g/mol. The van der Waals surface area contributed by atoms with Gasteiger partial charge in [-0.2, -0.15) is 0 Å². The molecule has 0 aliphatic carbocycles. The summed E-state index contributed by atoms with van der Waals surface area (Å²) in [5.41, 5.74) is 2.07. The van der Waals surface area contributed by atoms with Crippen LogP contribution in [0.1, 0.15) is 16.9 Å². The molecule has 6 heteroatoms. The van der Waals surface area contributed by atoms with Crippen LogP contribution in [0.15, 0.2) is 34.9 Å². The Labute approximate surface area is 129 Å². The third kappa shape index (κ3) is 4.44. The van der Waals surface area contributed by atoms with Crippen LogP contribution in [-0.4, -0.2) is 35.5 Å². The van der Waals surface area contributed by atoms with Crippen molar-refractivity contribution in [1.29, 1.82) is 0 Å². The maximum Gasteiger partial charge on any atom is 0.245 e. The van der Waals surface area contributed by atoms with Gasteiger partial charge >= 0.3 is 0 Å². The van der Waals surface area contributed by atoms with Gasteiger partial charge in [-0.3, -0.25) is 9.59 Å². The number of amides is 2. The Bertz CT molecular complexity index is 662. The highest BCUT2D eigenvalue weighted by atomic mass is 16.5. The minimum absolute atomic E-state index is 0.0311. The van der Waals surface area contributed by atoms with Crippen LogP contribution in [0, 0.1) is 13.8 Å². The van der Waals surface area contributed by atoms with Crippen LogP contribution in [0.5, 0.6) is 0 Å². The summed E-state index contributed by atoms with van der Waals surface area (Å²) in [6.45, 7) is 3.70. The fourth-order valence-electron chi connectivity index (χ4n) is 1.93. The Morgan fingerprint density at radius 3 is 2.50 bits per heavy atom. The molecule has 1 aromatic carbocycles. The molecule has 0 atom stereocenters. The number of aromatic nitrogens is 1. The fourth-order valence-corrected chi connectivity index (χ4v) is 1.93. The fraction of sp³-hybridized carbons (Fsp3) is 0.312. The second-order valence-corrected chi connectivity index (χ2v) is 5.28. The van der Waals surface area contributed by atoms with Crippen molar-refractivity contribution in [2.75, 3.05) is 18.9 Å². The number of hydrogen-bond acceptors (Lipinski definition) is 4. The number of hydrogen-bond donors (Lipinski definition) is 1. The standard InChI is InChI=1S/C16H19N3O3/c1-11-4-6-13(7-5-11)9-16(21)19(3)10-15(20)17-14-8-12(2)22-18-14/h4-8H,9-10H2,1-3H3,(H,17,18,20). The molecule has 1 N–H and O–H groups in total. The van der Waals surface area contributed by atoms with E-state index < -0.39 is 0 Å². The van der Waals surface area contributed by atoms with E-state index in [1.807, 2.05) is 31.2 Å². The molecule has 0 bridgehead atoms. The van der Waals surface area contributed by atoms with E-state index in [-0.39, 0.29) is 24.8 Å². The largest absolute Gasteiger partial charge is 0.360 e. The number of anilines is 1. The second-order valence-electron chi connectivity index (χ2n) is 5.28. The Morgan fingerprint density at radius 2 is 1.91 bits per heavy atom. The van der Waals surface area contributed by atoms with Crippen molar-refractivity contribution in [3.63, 3.8) is 0 Å². The highest BCUT2D eigenvalue weighted by Gasteiger charge is 2.14. The van der Waals surface area contributed by atoms with Crippen molar-refractivity contribution >= 4 is 17.6 Å². The summed E-state index contributed by atoms with van der Waals surface area (Å²) in [6, 6.07) is 9.37. The van der Waals surface area contributed by atoms with Gasteiger partial charge in [-0.25, -0.2) is 0 Å². The Kier molecular flexibility index (Phi) is 4.93. The number of benzene rings is 1. The van der Waals surface area contributed by atoms with Gasteiger partial charge in [0.25, 0.3) is 0 Å². The normalized spacial score (nSPS) is 10.3. The zero-order valence-electron chi connectivity index (χ0n) is 12.9. The molecule has 6 nitrogen and oxygen atoms in total. The van der Waals surface area contributed by atoms with Crippen molar-refractivity contribution in [3.8, 4) is 0 Å². The molecule has 0 saturated heterocycles. The van der Waals surface area contributed by atoms with E-state index in [1.54, 1.807) is 20.0 Å². The molecule has 0 radical (unpaired) electrons. The third-order valence-corrected chi connectivity index (χ3v) is 3.18. The number of aryl methyl sites for hydroxylation is 2. The summed E-state index contributed by atoms with van der Waals surface area (Å²) in [5, 5.41) is 6.26. The summed E-state index contributed by atoms with van der Waals surface area (Å²) >= 11 is 0. The molecule has 1 aromatic heterocycles. The number of carbonyl (C=O) groups is 2. The molecule has 2 aromatic rings. The van der Waals surface area contributed by atoms with Crippen molar-refractivity contribution in [2.45, 2.75) is 20.3 Å². The monoisotopic (exact) mass is 301 g/mol. The lowest BCUT2D eigenvalue weighted by molar-refractivity contribution is -0.132. The van der Waals surface area contributed by atoms with E-state index in [4.69, 9.17) is 4.52 Å². The van der Waals surface area contributed by atoms with Crippen LogP contribution in [0.25, 0.3) is 0 Å². The van der Waals surface area contributed by atoms with Crippen LogP contribution in [0.2, 0.25) is 0 Å². The third-order valence-electron chi connectivity index (χ3n) is 3.18. The predicted molar refractivity (Wildman–Crippen MR) is 82.4 cm³/mol. The van der Waals surface area contributed by atoms with Crippen LogP contribution in [0.4, 0.5) is 5.82 Å². The number of rotatable bonds is 5. The summed E-state index contributed by atoms with van der Waals surface area (Å²) in [4.78, 5) is 25.3. The molecule has 0 aliphatic heterocycles. The first kappa shape index (κ1) is 15.8. The zero-order chi connectivity index (χ0) is 16.1. The topological polar surface area (TPSA) is 75.4 Å². The highest BCUT2D eigenvalue weighted by molar-refractivity contribution is 5.93. The van der Waals surface area contributed by atoms with Gasteiger partial charge in [0.15, 0.2) is 5.82 Å². The first-order valence-corrected chi connectivity index (χ1v) is 6.96. The molecule has 0 aliphatic rings. The summed E-state index contributed by atoms with van der Waals surface area (Å²) < 4.78 is 4.86. The van der Waals surface area contributed by atoms with E-state index in [1.165, 1.54) is 4.90 Å². The van der Waals surface area contributed by atoms with E-state index in [9.17, 15) is 9.59 Å². The molecule has 0 saturated carbocycles. The van der Waals surface area contributed by atoms with Gasteiger partial charge in [-0.15, -0.1) is 0 Å². The van der Waals surface area contributed by atoms with Crippen LogP contribution < -0.4 is 5.32 Å². The lowest BCUT2D eigenvalue weighted by Crippen LogP contribution is -2.35. The SMILES string of the molecule is Cc1ccc(CC(=O)N(C)CC(=O)Nc2cc(C)on2)cc1. The van der Waals surface area contributed by atoms with Crippen LogP contribution in [-0.2, 0) is 16.0 Å². The molecular weight excluding hydrogens is 282 g/mol. The Morgan fingerprint density at radius 1 is 1.23 bits per heavy atom. The number of nitrogens with one attached hydrogen (secondary N) is 1. The first-order chi connectivity index (χ1) is 10.4. The van der Waals surface area contributed by atoms with Gasteiger partial charge in [0.1, 0.15) is 5.76 Å². The van der Waals surface area contributed by atoms with Crippen molar-refractivity contribution in [3.05, 3.63) is 47.2 Å². The number of carbonyl (C=O) groups excluding carboxylic acids is 2. The van der Waals surface area contributed by atoms with Crippen molar-refractivity contribution < 1.29 is 14.1 Å². The smallest absolute Gasteiger partial charge is 0.245 e. The molecule has 0 spiro atoms. The molecule has 0 fully saturated rings.